The average Bonchev–Trinajstić information content (AvgIpc) is 3.57. The summed E-state index contributed by atoms with van der Waals surface area (Å²) < 4.78 is 16.3. The number of rotatable bonds is 6. The van der Waals surface area contributed by atoms with E-state index in [1.807, 2.05) is 12.1 Å². The molecule has 3 aromatic rings. The fraction of sp³-hybridized carbons (Fsp3) is 0.455. The van der Waals surface area contributed by atoms with E-state index in [9.17, 15) is 10.2 Å². The van der Waals surface area contributed by atoms with E-state index in [1.54, 1.807) is 43.5 Å². The molecule has 174 valence electrons. The second-order valence-electron chi connectivity index (χ2n) is 8.34. The third kappa shape index (κ3) is 4.09. The Morgan fingerprint density at radius 1 is 1.15 bits per heavy atom. The number of pyridine rings is 1. The number of aliphatic hydroxyl groups is 2. The Morgan fingerprint density at radius 2 is 1.94 bits per heavy atom. The summed E-state index contributed by atoms with van der Waals surface area (Å²) >= 11 is 0. The molecule has 11 nitrogen and oxygen atoms in total. The zero-order chi connectivity index (χ0) is 23.0. The molecule has 0 amide bonds. The standard InChI is InChI=1S/C22H26N6O5/c1-28-9-7-22(30,20(28)29)19-10-16(27-33-19)14-5-3-4-13(24-14)15-6-8-23-21(25-15)26-17-11-32-12-18(17)31-2/h3-6,8,10,17-18,20,29-30H,7,9,11-12H2,1-2H3,(H,23,25,26)/t17?,18-,20?,22-/m1/s1. The van der Waals surface area contributed by atoms with Crippen LogP contribution in [-0.2, 0) is 15.1 Å². The second-order valence-corrected chi connectivity index (χ2v) is 8.34. The van der Waals surface area contributed by atoms with Crippen LogP contribution in [0.4, 0.5) is 5.95 Å². The smallest absolute Gasteiger partial charge is 0.223 e. The average molecular weight is 454 g/mol. The summed E-state index contributed by atoms with van der Waals surface area (Å²) in [5.74, 6) is 0.670. The number of likely N-dealkylation sites (tertiary alicyclic amines) is 1. The third-order valence-corrected chi connectivity index (χ3v) is 6.20. The van der Waals surface area contributed by atoms with Crippen molar-refractivity contribution in [2.24, 2.45) is 0 Å². The molecule has 11 heteroatoms. The van der Waals surface area contributed by atoms with Crippen molar-refractivity contribution in [1.82, 2.24) is 25.0 Å². The SMILES string of the molecule is CO[C@@H]1COCC1Nc1nccc(-c2cccc(-c3cc([C@]4(O)CCN(C)C4O)on3)n2)n1. The fourth-order valence-corrected chi connectivity index (χ4v) is 4.17. The van der Waals surface area contributed by atoms with Crippen LogP contribution in [0, 0.1) is 0 Å². The number of anilines is 1. The minimum absolute atomic E-state index is 0.0334. The largest absolute Gasteiger partial charge is 0.378 e. The van der Waals surface area contributed by atoms with Crippen LogP contribution < -0.4 is 5.32 Å². The summed E-state index contributed by atoms with van der Waals surface area (Å²) in [6.07, 6.45) is 0.887. The summed E-state index contributed by atoms with van der Waals surface area (Å²) in [4.78, 5) is 15.2. The highest BCUT2D eigenvalue weighted by Gasteiger charge is 2.48. The number of methoxy groups -OCH3 is 1. The number of aromatic nitrogens is 4. The summed E-state index contributed by atoms with van der Waals surface area (Å²) in [6, 6.07) is 8.85. The molecule has 2 fully saturated rings. The maximum atomic E-state index is 10.9. The summed E-state index contributed by atoms with van der Waals surface area (Å²) in [7, 11) is 3.39. The lowest BCUT2D eigenvalue weighted by Gasteiger charge is -2.25. The van der Waals surface area contributed by atoms with E-state index in [2.05, 4.69) is 25.4 Å². The summed E-state index contributed by atoms with van der Waals surface area (Å²) in [5.41, 5.74) is 0.781. The molecule has 0 aliphatic carbocycles. The Morgan fingerprint density at radius 3 is 2.70 bits per heavy atom. The molecule has 0 spiro atoms. The Bertz CT molecular complexity index is 1130. The van der Waals surface area contributed by atoms with Gasteiger partial charge in [-0.2, -0.15) is 0 Å². The molecule has 2 aliphatic rings. The van der Waals surface area contributed by atoms with E-state index in [-0.39, 0.29) is 17.9 Å². The molecule has 2 unspecified atom stereocenters. The van der Waals surface area contributed by atoms with Crippen molar-refractivity contribution in [1.29, 1.82) is 0 Å². The minimum Gasteiger partial charge on any atom is -0.378 e. The quantitative estimate of drug-likeness (QED) is 0.489. The Hall–Kier alpha value is -2.96. The molecule has 33 heavy (non-hydrogen) atoms. The number of hydrogen-bond acceptors (Lipinski definition) is 11. The molecule has 4 atom stereocenters. The molecule has 2 saturated heterocycles. The van der Waals surface area contributed by atoms with Crippen LogP contribution in [0.15, 0.2) is 41.1 Å². The molecule has 0 radical (unpaired) electrons. The molecule has 5 heterocycles. The van der Waals surface area contributed by atoms with Crippen LogP contribution >= 0.6 is 0 Å². The number of ether oxygens (including phenoxy) is 2. The van der Waals surface area contributed by atoms with Crippen LogP contribution in [0.25, 0.3) is 22.8 Å². The number of likely N-dealkylation sites (N-methyl/N-ethyl adjacent to an activating group) is 1. The van der Waals surface area contributed by atoms with Gasteiger partial charge in [0.05, 0.1) is 36.3 Å². The van der Waals surface area contributed by atoms with Crippen molar-refractivity contribution in [2.75, 3.05) is 39.2 Å². The van der Waals surface area contributed by atoms with Gasteiger partial charge in [-0.05, 0) is 25.2 Å². The third-order valence-electron chi connectivity index (χ3n) is 6.20. The number of hydrogen-bond donors (Lipinski definition) is 3. The number of nitrogens with zero attached hydrogens (tertiary/aromatic N) is 5. The number of nitrogens with one attached hydrogen (secondary N) is 1. The lowest BCUT2D eigenvalue weighted by molar-refractivity contribution is -0.116. The first kappa shape index (κ1) is 21.9. The Labute approximate surface area is 190 Å². The zero-order valence-electron chi connectivity index (χ0n) is 18.4. The van der Waals surface area contributed by atoms with E-state index in [1.165, 1.54) is 0 Å². The molecule has 0 aromatic carbocycles. The predicted molar refractivity (Wildman–Crippen MR) is 117 cm³/mol. The van der Waals surface area contributed by atoms with Gasteiger partial charge in [0.15, 0.2) is 11.4 Å². The topological polar surface area (TPSA) is 139 Å². The molecule has 3 aromatic heterocycles. The van der Waals surface area contributed by atoms with E-state index in [0.717, 1.165) is 0 Å². The predicted octanol–water partition coefficient (Wildman–Crippen LogP) is 0.861. The highest BCUT2D eigenvalue weighted by molar-refractivity contribution is 5.62. The normalized spacial score (nSPS) is 27.8. The molecule has 3 N–H and O–H groups in total. The van der Waals surface area contributed by atoms with Crippen molar-refractivity contribution in [3.05, 3.63) is 42.3 Å². The van der Waals surface area contributed by atoms with Gasteiger partial charge in [0.2, 0.25) is 5.95 Å². The van der Waals surface area contributed by atoms with Crippen LogP contribution in [-0.4, -0.2) is 87.5 Å². The first-order chi connectivity index (χ1) is 16.0. The van der Waals surface area contributed by atoms with E-state index < -0.39 is 11.8 Å². The van der Waals surface area contributed by atoms with Crippen LogP contribution in [0.1, 0.15) is 12.2 Å². The van der Waals surface area contributed by atoms with Crippen molar-refractivity contribution >= 4 is 5.95 Å². The van der Waals surface area contributed by atoms with Crippen molar-refractivity contribution in [2.45, 2.75) is 30.4 Å². The maximum Gasteiger partial charge on any atom is 0.223 e. The number of aliphatic hydroxyl groups excluding tert-OH is 1. The molecular weight excluding hydrogens is 428 g/mol. The van der Waals surface area contributed by atoms with Gasteiger partial charge in [-0.25, -0.2) is 15.0 Å². The van der Waals surface area contributed by atoms with Gasteiger partial charge < -0.3 is 29.5 Å². The van der Waals surface area contributed by atoms with Crippen molar-refractivity contribution < 1.29 is 24.2 Å². The molecule has 2 aliphatic heterocycles. The first-order valence-electron chi connectivity index (χ1n) is 10.7. The fourth-order valence-electron chi connectivity index (χ4n) is 4.17. The van der Waals surface area contributed by atoms with Gasteiger partial charge in [-0.1, -0.05) is 11.2 Å². The molecule has 0 bridgehead atoms. The first-order valence-corrected chi connectivity index (χ1v) is 10.7. The van der Waals surface area contributed by atoms with Gasteiger partial charge in [0, 0.05) is 32.3 Å². The Kier molecular flexibility index (Phi) is 5.81. The van der Waals surface area contributed by atoms with Crippen molar-refractivity contribution in [3.8, 4) is 22.8 Å². The van der Waals surface area contributed by atoms with E-state index >= 15 is 0 Å². The monoisotopic (exact) mass is 454 g/mol. The van der Waals surface area contributed by atoms with E-state index in [0.29, 0.717) is 54.9 Å². The highest BCUT2D eigenvalue weighted by atomic mass is 16.5. The highest BCUT2D eigenvalue weighted by Crippen LogP contribution is 2.37. The van der Waals surface area contributed by atoms with Gasteiger partial charge in [-0.3, -0.25) is 4.90 Å². The zero-order valence-corrected chi connectivity index (χ0v) is 18.4. The summed E-state index contributed by atoms with van der Waals surface area (Å²) in [6.45, 7) is 1.59. The van der Waals surface area contributed by atoms with Gasteiger partial charge in [-0.15, -0.1) is 0 Å². The summed E-state index contributed by atoms with van der Waals surface area (Å²) in [5, 5.41) is 28.6. The lowest BCUT2D eigenvalue weighted by Crippen LogP contribution is -2.40. The van der Waals surface area contributed by atoms with Gasteiger partial charge in [0.1, 0.15) is 18.0 Å². The second kappa shape index (κ2) is 8.76. The molecule has 0 saturated carbocycles. The van der Waals surface area contributed by atoms with E-state index in [4.69, 9.17) is 14.0 Å². The van der Waals surface area contributed by atoms with Crippen LogP contribution in [0.3, 0.4) is 0 Å². The molecule has 5 rings (SSSR count). The Balaban J connectivity index is 1.38. The lowest BCUT2D eigenvalue weighted by atomic mass is 9.97. The van der Waals surface area contributed by atoms with Gasteiger partial charge in [0.25, 0.3) is 0 Å². The molecular formula is C22H26N6O5. The van der Waals surface area contributed by atoms with Crippen LogP contribution in [0.2, 0.25) is 0 Å². The maximum absolute atomic E-state index is 10.9. The van der Waals surface area contributed by atoms with Crippen molar-refractivity contribution in [3.63, 3.8) is 0 Å². The van der Waals surface area contributed by atoms with Gasteiger partial charge >= 0.3 is 0 Å². The van der Waals surface area contributed by atoms with Crippen LogP contribution in [0.5, 0.6) is 0 Å². The minimum atomic E-state index is -1.51.